The van der Waals surface area contributed by atoms with E-state index in [1.165, 1.54) is 18.4 Å². The molecule has 41 heavy (non-hydrogen) atoms. The molecule has 2 aromatic rings. The lowest BCUT2D eigenvalue weighted by Gasteiger charge is -2.28. The van der Waals surface area contributed by atoms with Gasteiger partial charge in [-0.3, -0.25) is 9.59 Å². The minimum atomic E-state index is -5.08. The van der Waals surface area contributed by atoms with Gasteiger partial charge in [-0.1, -0.05) is 61.4 Å². The normalized spacial score (nSPS) is 21.6. The van der Waals surface area contributed by atoms with Gasteiger partial charge in [0.05, 0.1) is 6.04 Å². The Kier molecular flexibility index (Phi) is 9.73. The molecule has 2 aromatic carbocycles. The molecule has 5 rings (SSSR count). The predicted octanol–water partition coefficient (Wildman–Crippen LogP) is 4.99. The fourth-order valence-electron chi connectivity index (χ4n) is 6.37. The van der Waals surface area contributed by atoms with Gasteiger partial charge in [0.2, 0.25) is 5.91 Å². The monoisotopic (exact) mass is 573 g/mol. The average Bonchev–Trinajstić information content (AvgIpc) is 3.66. The summed E-state index contributed by atoms with van der Waals surface area (Å²) in [5.74, 6) is -1.16. The van der Waals surface area contributed by atoms with Crippen molar-refractivity contribution in [1.29, 1.82) is 0 Å². The average molecular weight is 574 g/mol. The van der Waals surface area contributed by atoms with Crippen molar-refractivity contribution in [2.45, 2.75) is 51.7 Å². The van der Waals surface area contributed by atoms with Gasteiger partial charge >= 0.3 is 12.1 Å². The maximum absolute atomic E-state index is 13.3. The molecule has 0 spiro atoms. The summed E-state index contributed by atoms with van der Waals surface area (Å²) in [7, 11) is 0. The van der Waals surface area contributed by atoms with Crippen LogP contribution >= 0.6 is 0 Å². The highest BCUT2D eigenvalue weighted by Gasteiger charge is 2.42. The van der Waals surface area contributed by atoms with E-state index in [4.69, 9.17) is 9.90 Å². The van der Waals surface area contributed by atoms with Gasteiger partial charge in [0.1, 0.15) is 0 Å². The van der Waals surface area contributed by atoms with Gasteiger partial charge in [-0.05, 0) is 55.2 Å². The number of carbonyl (C=O) groups excluding carboxylic acids is 2. The maximum Gasteiger partial charge on any atom is 0.490 e. The minimum Gasteiger partial charge on any atom is -0.475 e. The van der Waals surface area contributed by atoms with Gasteiger partial charge in [0.25, 0.3) is 5.91 Å². The number of likely N-dealkylation sites (tertiary alicyclic amines) is 2. The summed E-state index contributed by atoms with van der Waals surface area (Å²) in [6.07, 6.45) is -0.710. The number of aliphatic carboxylic acids is 1. The number of hydrogen-bond acceptors (Lipinski definition) is 4. The number of carboxylic acid groups (broad SMARTS) is 1. The number of carboxylic acids is 1. The lowest BCUT2D eigenvalue weighted by atomic mass is 10.0. The van der Waals surface area contributed by atoms with Crippen molar-refractivity contribution < 1.29 is 32.7 Å². The predicted molar refractivity (Wildman–Crippen MR) is 148 cm³/mol. The van der Waals surface area contributed by atoms with Crippen LogP contribution in [0.25, 0.3) is 0 Å². The van der Waals surface area contributed by atoms with E-state index in [0.29, 0.717) is 11.8 Å². The van der Waals surface area contributed by atoms with E-state index in [9.17, 15) is 22.8 Å². The third-order valence-electron chi connectivity index (χ3n) is 8.47. The zero-order chi connectivity index (χ0) is 29.7. The molecule has 1 saturated carbocycles. The summed E-state index contributed by atoms with van der Waals surface area (Å²) >= 11 is 0. The Bertz CT molecular complexity index is 1200. The molecule has 1 aliphatic carbocycles. The molecule has 0 radical (unpaired) electrons. The van der Waals surface area contributed by atoms with Crippen LogP contribution in [0.4, 0.5) is 13.2 Å². The number of hydrogen-bond donors (Lipinski definition) is 2. The van der Waals surface area contributed by atoms with Crippen molar-refractivity contribution in [2.24, 2.45) is 17.8 Å². The van der Waals surface area contributed by atoms with Crippen LogP contribution in [-0.4, -0.2) is 71.6 Å². The molecule has 3 fully saturated rings. The Morgan fingerprint density at radius 3 is 1.95 bits per heavy atom. The second-order valence-electron chi connectivity index (χ2n) is 11.5. The SMILES string of the molecule is Cc1cccc(C)c1C(=O)N1CC2CN(CC(NC(=O)C3CCCC3)c3ccccc3)C[C@@H]2C1.O=C(O)C(F)(F)F. The Morgan fingerprint density at radius 1 is 0.902 bits per heavy atom. The number of nitrogens with zero attached hydrogens (tertiary/aromatic N) is 2. The number of aryl methyl sites for hydroxylation is 2. The number of carbonyl (C=O) groups is 3. The zero-order valence-corrected chi connectivity index (χ0v) is 23.5. The topological polar surface area (TPSA) is 90.0 Å². The summed E-state index contributed by atoms with van der Waals surface area (Å²) in [5.41, 5.74) is 4.18. The van der Waals surface area contributed by atoms with Crippen LogP contribution in [0.1, 0.15) is 58.8 Å². The van der Waals surface area contributed by atoms with Crippen LogP contribution in [0.3, 0.4) is 0 Å². The zero-order valence-electron chi connectivity index (χ0n) is 23.5. The van der Waals surface area contributed by atoms with E-state index < -0.39 is 12.1 Å². The third-order valence-corrected chi connectivity index (χ3v) is 8.47. The molecule has 3 atom stereocenters. The van der Waals surface area contributed by atoms with E-state index in [1.54, 1.807) is 0 Å². The quantitative estimate of drug-likeness (QED) is 0.509. The molecule has 0 bridgehead atoms. The Labute approximate surface area is 238 Å². The number of halogens is 3. The molecule has 0 aromatic heterocycles. The van der Waals surface area contributed by atoms with Gasteiger partial charge in [0.15, 0.2) is 0 Å². The third kappa shape index (κ3) is 7.67. The van der Waals surface area contributed by atoms with Crippen LogP contribution in [0.2, 0.25) is 0 Å². The van der Waals surface area contributed by atoms with Gasteiger partial charge in [-0.2, -0.15) is 13.2 Å². The van der Waals surface area contributed by atoms with Crippen molar-refractivity contribution >= 4 is 17.8 Å². The number of rotatable bonds is 6. The summed E-state index contributed by atoms with van der Waals surface area (Å²) in [6, 6.07) is 16.5. The van der Waals surface area contributed by atoms with Gasteiger partial charge in [0, 0.05) is 44.2 Å². The lowest BCUT2D eigenvalue weighted by Crippen LogP contribution is -2.40. The lowest BCUT2D eigenvalue weighted by molar-refractivity contribution is -0.192. The van der Waals surface area contributed by atoms with Crippen LogP contribution in [-0.2, 0) is 9.59 Å². The van der Waals surface area contributed by atoms with Crippen molar-refractivity contribution in [1.82, 2.24) is 15.1 Å². The Hall–Kier alpha value is -3.40. The first-order chi connectivity index (χ1) is 19.4. The number of fused-ring (bicyclic) bond motifs is 1. The van der Waals surface area contributed by atoms with Crippen molar-refractivity contribution in [3.05, 3.63) is 70.8 Å². The van der Waals surface area contributed by atoms with Gasteiger partial charge in [-0.15, -0.1) is 0 Å². The maximum atomic E-state index is 13.3. The van der Waals surface area contributed by atoms with E-state index in [0.717, 1.165) is 62.3 Å². The van der Waals surface area contributed by atoms with Crippen LogP contribution in [0.15, 0.2) is 48.5 Å². The highest BCUT2D eigenvalue weighted by molar-refractivity contribution is 5.97. The molecule has 2 amide bonds. The molecule has 2 heterocycles. The molecule has 3 aliphatic rings. The molecule has 2 aliphatic heterocycles. The fourth-order valence-corrected chi connectivity index (χ4v) is 6.37. The van der Waals surface area contributed by atoms with E-state index in [-0.39, 0.29) is 23.8 Å². The van der Waals surface area contributed by atoms with Crippen molar-refractivity contribution in [2.75, 3.05) is 32.7 Å². The Morgan fingerprint density at radius 2 is 1.44 bits per heavy atom. The minimum absolute atomic E-state index is 0.0143. The van der Waals surface area contributed by atoms with Crippen LogP contribution in [0.5, 0.6) is 0 Å². The summed E-state index contributed by atoms with van der Waals surface area (Å²) in [4.78, 5) is 39.7. The fraction of sp³-hybridized carbons (Fsp3) is 0.516. The Balaban J connectivity index is 0.000000493. The molecule has 2 unspecified atom stereocenters. The molecule has 2 N–H and O–H groups in total. The van der Waals surface area contributed by atoms with E-state index >= 15 is 0 Å². The molecule has 10 heteroatoms. The highest BCUT2D eigenvalue weighted by Crippen LogP contribution is 2.34. The second-order valence-corrected chi connectivity index (χ2v) is 11.5. The molecular formula is C31H38F3N3O4. The van der Waals surface area contributed by atoms with E-state index in [2.05, 4.69) is 39.4 Å². The van der Waals surface area contributed by atoms with Gasteiger partial charge in [-0.25, -0.2) is 4.79 Å². The smallest absolute Gasteiger partial charge is 0.475 e. The number of amides is 2. The summed E-state index contributed by atoms with van der Waals surface area (Å²) in [6.45, 7) is 8.54. The van der Waals surface area contributed by atoms with Crippen LogP contribution in [0, 0.1) is 31.6 Å². The first-order valence-corrected chi connectivity index (χ1v) is 14.2. The second kappa shape index (κ2) is 13.1. The van der Waals surface area contributed by atoms with Crippen molar-refractivity contribution in [3.63, 3.8) is 0 Å². The molecule has 2 saturated heterocycles. The first-order valence-electron chi connectivity index (χ1n) is 14.2. The summed E-state index contributed by atoms with van der Waals surface area (Å²) < 4.78 is 31.7. The molecule has 222 valence electrons. The highest BCUT2D eigenvalue weighted by atomic mass is 19.4. The van der Waals surface area contributed by atoms with Gasteiger partial charge < -0.3 is 20.2 Å². The standard InChI is InChI=1S/C29H37N3O2.C2HF3O2/c1-20-9-8-10-21(2)27(20)29(34)32-17-24-15-31(16-25(24)18-32)19-26(22-11-4-3-5-12-22)30-28(33)23-13-6-7-14-23;3-2(4,5)1(6)7/h3-5,8-12,23-26H,6-7,13-19H2,1-2H3,(H,30,33);(H,6,7)/t24-,25?,26?;/m1./s1. The van der Waals surface area contributed by atoms with Crippen molar-refractivity contribution in [3.8, 4) is 0 Å². The molecular weight excluding hydrogens is 535 g/mol. The number of nitrogens with one attached hydrogen (secondary N) is 1. The number of benzene rings is 2. The largest absolute Gasteiger partial charge is 0.490 e. The summed E-state index contributed by atoms with van der Waals surface area (Å²) in [5, 5.41) is 10.5. The number of alkyl halides is 3. The molecule has 7 nitrogen and oxygen atoms in total. The first kappa shape index (κ1) is 30.6. The van der Waals surface area contributed by atoms with E-state index in [1.807, 2.05) is 38.1 Å². The van der Waals surface area contributed by atoms with Crippen LogP contribution < -0.4 is 5.32 Å².